The molecule has 8 rings (SSSR count). The van der Waals surface area contributed by atoms with Gasteiger partial charge < -0.3 is 72.5 Å². The quantitative estimate of drug-likeness (QED) is 0.0184. The number of carbonyl (C=O) groups excluding carboxylic acids is 7. The van der Waals surface area contributed by atoms with Crippen molar-refractivity contribution in [3.05, 3.63) is 144 Å². The Morgan fingerprint density at radius 1 is 0.369 bits per heavy atom. The van der Waals surface area contributed by atoms with Crippen molar-refractivity contribution in [3.63, 3.8) is 0 Å². The summed E-state index contributed by atoms with van der Waals surface area (Å²) in [4.78, 5) is 91.5. The SMILES string of the molecule is CC(C)(C)OC(=O)NCCC(=O)N1CCC(CN)(Cc2ccccc2)CC1.CC(C)(C)OC(=O)NCCC(=O)N1CCC(CN)(Cc2ccccc2)CC1.CC(C)(C)OC(=O)NCCCCC(=O)N1CCC(CN)(Cc2ccccc2)CC1.COC(=O)CN1CCC(CN)(Cc2ccccc2)CC1. The second kappa shape index (κ2) is 42.4. The molecule has 0 aliphatic carbocycles. The van der Waals surface area contributed by atoms with Crippen molar-refractivity contribution in [3.8, 4) is 0 Å². The van der Waals surface area contributed by atoms with E-state index in [2.05, 4.69) is 118 Å². The predicted octanol–water partition coefficient (Wildman–Crippen LogP) is 10.4. The smallest absolute Gasteiger partial charge is 0.407 e. The molecular weight excluding hydrogens is 1300 g/mol. The second-order valence-electron chi connectivity index (χ2n) is 31.7. The summed E-state index contributed by atoms with van der Waals surface area (Å²) < 4.78 is 20.3. The number of unbranched alkanes of at least 4 members (excludes halogenated alkanes) is 1. The van der Waals surface area contributed by atoms with Crippen LogP contribution in [0.3, 0.4) is 0 Å². The highest BCUT2D eigenvalue weighted by molar-refractivity contribution is 5.78. The molecule has 0 saturated carbocycles. The maximum atomic E-state index is 12.5. The van der Waals surface area contributed by atoms with Crippen molar-refractivity contribution < 1.29 is 52.5 Å². The molecule has 0 spiro atoms. The van der Waals surface area contributed by atoms with Crippen molar-refractivity contribution in [1.29, 1.82) is 0 Å². The van der Waals surface area contributed by atoms with Crippen LogP contribution in [-0.2, 0) is 63.8 Å². The van der Waals surface area contributed by atoms with Gasteiger partial charge in [-0.3, -0.25) is 24.1 Å². The fraction of sp³-hybridized carbons (Fsp3) is 0.617. The molecule has 0 radical (unpaired) electrons. The van der Waals surface area contributed by atoms with E-state index >= 15 is 0 Å². The normalized spacial score (nSPS) is 17.0. The lowest BCUT2D eigenvalue weighted by Crippen LogP contribution is -2.47. The van der Waals surface area contributed by atoms with E-state index < -0.39 is 35.1 Å². The summed E-state index contributed by atoms with van der Waals surface area (Å²) >= 11 is 0. The molecule has 4 aromatic carbocycles. The molecule has 22 heteroatoms. The number of carbonyl (C=O) groups is 7. The van der Waals surface area contributed by atoms with E-state index in [0.29, 0.717) is 45.7 Å². The van der Waals surface area contributed by atoms with Gasteiger partial charge in [0.05, 0.1) is 13.7 Å². The van der Waals surface area contributed by atoms with Gasteiger partial charge in [-0.05, 0) is 235 Å². The topological polar surface area (TPSA) is 310 Å². The Labute approximate surface area is 615 Å². The van der Waals surface area contributed by atoms with Gasteiger partial charge in [0.25, 0.3) is 0 Å². The summed E-state index contributed by atoms with van der Waals surface area (Å²) in [5, 5.41) is 8.02. The van der Waals surface area contributed by atoms with Gasteiger partial charge in [-0.2, -0.15) is 0 Å². The number of likely N-dealkylation sites (tertiary alicyclic amines) is 4. The number of nitrogens with two attached hydrogens (primary N) is 4. The monoisotopic (exact) mass is 1430 g/mol. The number of methoxy groups -OCH3 is 1. The van der Waals surface area contributed by atoms with Crippen molar-refractivity contribution in [2.24, 2.45) is 44.6 Å². The Morgan fingerprint density at radius 2 is 0.621 bits per heavy atom. The number of hydrogen-bond donors (Lipinski definition) is 7. The third kappa shape index (κ3) is 32.5. The molecule has 0 unspecified atom stereocenters. The molecule has 22 nitrogen and oxygen atoms in total. The van der Waals surface area contributed by atoms with Crippen LogP contribution in [0.25, 0.3) is 0 Å². The first-order chi connectivity index (χ1) is 48.9. The molecule has 4 fully saturated rings. The zero-order valence-electron chi connectivity index (χ0n) is 64.0. The maximum Gasteiger partial charge on any atom is 0.407 e. The van der Waals surface area contributed by atoms with E-state index in [1.807, 2.05) is 101 Å². The van der Waals surface area contributed by atoms with Crippen LogP contribution in [0.2, 0.25) is 0 Å². The first-order valence-electron chi connectivity index (χ1n) is 37.4. The van der Waals surface area contributed by atoms with E-state index in [-0.39, 0.29) is 71.3 Å². The molecule has 6 amide bonds. The summed E-state index contributed by atoms with van der Waals surface area (Å²) in [7, 11) is 1.44. The number of hydrogen-bond acceptors (Lipinski definition) is 16. The molecule has 4 aliphatic heterocycles. The Kier molecular flexibility index (Phi) is 35.4. The van der Waals surface area contributed by atoms with Gasteiger partial charge in [-0.1, -0.05) is 121 Å². The van der Waals surface area contributed by atoms with Gasteiger partial charge in [0.15, 0.2) is 0 Å². The van der Waals surface area contributed by atoms with Gasteiger partial charge in [0.1, 0.15) is 16.8 Å². The first-order valence-corrected chi connectivity index (χ1v) is 37.4. The molecule has 11 N–H and O–H groups in total. The van der Waals surface area contributed by atoms with Crippen molar-refractivity contribution >= 4 is 42.0 Å². The lowest BCUT2D eigenvalue weighted by atomic mass is 9.74. The minimum Gasteiger partial charge on any atom is -0.468 e. The number of rotatable bonds is 25. The van der Waals surface area contributed by atoms with Crippen molar-refractivity contribution in [2.45, 2.75) is 188 Å². The number of esters is 1. The molecule has 0 bridgehead atoms. The number of alkyl carbamates (subject to hydrolysis) is 3. The van der Waals surface area contributed by atoms with E-state index in [4.69, 9.17) is 41.9 Å². The number of piperidine rings is 4. The lowest BCUT2D eigenvalue weighted by molar-refractivity contribution is -0.142. The summed E-state index contributed by atoms with van der Waals surface area (Å²) in [5.41, 5.74) is 28.5. The second-order valence-corrected chi connectivity index (χ2v) is 31.7. The number of nitrogens with zero attached hydrogens (tertiary/aromatic N) is 4. The molecule has 0 aromatic heterocycles. The molecular formula is C81H127N11O11. The third-order valence-electron chi connectivity index (χ3n) is 19.9. The number of benzene rings is 4. The van der Waals surface area contributed by atoms with Gasteiger partial charge >= 0.3 is 24.2 Å². The lowest BCUT2D eigenvalue weighted by Gasteiger charge is -2.41. The minimum absolute atomic E-state index is 0.0624. The van der Waals surface area contributed by atoms with Gasteiger partial charge in [0, 0.05) is 78.2 Å². The zero-order valence-corrected chi connectivity index (χ0v) is 64.0. The van der Waals surface area contributed by atoms with Crippen molar-refractivity contribution in [1.82, 2.24) is 35.6 Å². The summed E-state index contributed by atoms with van der Waals surface area (Å²) in [5.74, 6) is 0.175. The van der Waals surface area contributed by atoms with Crippen LogP contribution in [-0.4, -0.2) is 190 Å². The van der Waals surface area contributed by atoms with Gasteiger partial charge in [-0.25, -0.2) is 14.4 Å². The van der Waals surface area contributed by atoms with Crippen LogP contribution in [0.15, 0.2) is 121 Å². The van der Waals surface area contributed by atoms with E-state index in [1.165, 1.54) is 29.4 Å². The molecule has 0 atom stereocenters. The van der Waals surface area contributed by atoms with Crippen LogP contribution < -0.4 is 38.9 Å². The molecule has 4 heterocycles. The Hall–Kier alpha value is -7.63. The number of amides is 6. The molecule has 103 heavy (non-hydrogen) atoms. The van der Waals surface area contributed by atoms with Crippen LogP contribution in [0, 0.1) is 21.7 Å². The third-order valence-corrected chi connectivity index (χ3v) is 19.9. The molecule has 4 saturated heterocycles. The maximum absolute atomic E-state index is 12.5. The van der Waals surface area contributed by atoms with Crippen molar-refractivity contribution in [2.75, 3.05) is 112 Å². The Balaban J connectivity index is 0.000000249. The largest absolute Gasteiger partial charge is 0.468 e. The predicted molar refractivity (Wildman–Crippen MR) is 407 cm³/mol. The highest BCUT2D eigenvalue weighted by Crippen LogP contribution is 2.38. The Bertz CT molecular complexity index is 3030. The highest BCUT2D eigenvalue weighted by Gasteiger charge is 2.39. The zero-order chi connectivity index (χ0) is 75.6. The summed E-state index contributed by atoms with van der Waals surface area (Å²) in [6.07, 6.45) is 12.7. The summed E-state index contributed by atoms with van der Waals surface area (Å²) in [6.45, 7) is 26.7. The first kappa shape index (κ1) is 86.0. The van der Waals surface area contributed by atoms with E-state index in [1.54, 1.807) is 0 Å². The van der Waals surface area contributed by atoms with Crippen LogP contribution in [0.1, 0.15) is 168 Å². The van der Waals surface area contributed by atoms with Crippen LogP contribution >= 0.6 is 0 Å². The van der Waals surface area contributed by atoms with Crippen LogP contribution in [0.5, 0.6) is 0 Å². The average Bonchev–Trinajstić information content (AvgIpc) is 0.840. The van der Waals surface area contributed by atoms with Crippen LogP contribution in [0.4, 0.5) is 14.4 Å². The molecule has 4 aliphatic rings. The fourth-order valence-electron chi connectivity index (χ4n) is 13.6. The summed E-state index contributed by atoms with van der Waals surface area (Å²) in [6, 6.07) is 41.8. The number of ether oxygens (including phenoxy) is 4. The molecule has 572 valence electrons. The van der Waals surface area contributed by atoms with E-state index in [0.717, 1.165) is 142 Å². The highest BCUT2D eigenvalue weighted by atomic mass is 16.6. The molecule has 4 aromatic rings. The van der Waals surface area contributed by atoms with Gasteiger partial charge in [0.2, 0.25) is 17.7 Å². The average molecular weight is 1430 g/mol. The van der Waals surface area contributed by atoms with Gasteiger partial charge in [-0.15, -0.1) is 0 Å². The van der Waals surface area contributed by atoms with E-state index in [9.17, 15) is 33.6 Å². The number of nitrogens with one attached hydrogen (secondary N) is 3. The fourth-order valence-corrected chi connectivity index (χ4v) is 13.6. The Morgan fingerprint density at radius 3 is 0.874 bits per heavy atom. The standard InChI is InChI=1S/C23H37N3O3.2C21H33N3O3.C16H24N2O2/c1-22(2,3)29-21(28)25-14-8-7-11-20(27)26-15-12-23(18-24,13-16-26)17-19-9-5-4-6-10-19;2*1-20(2,3)27-19(26)23-12-9-18(25)24-13-10-21(16-22,11-14-24)15-17-7-5-4-6-8-17;1-20-15(19)12-18-9-7-16(13-17,8-10-18)11-14-5-3-2-4-6-14/h4-6,9-10H,7-8,11-18,24H2,1-3H3,(H,25,28);2*4-8H,9-16,22H2,1-3H3,(H,23,26);2-6H,7-13,17H2,1H3. The minimum atomic E-state index is -0.536.